The molecule has 1 fully saturated rings. The van der Waals surface area contributed by atoms with E-state index < -0.39 is 0 Å². The van der Waals surface area contributed by atoms with Gasteiger partial charge in [-0.1, -0.05) is 31.0 Å². The Morgan fingerprint density at radius 1 is 1.26 bits per heavy atom. The highest BCUT2D eigenvalue weighted by Gasteiger charge is 2.24. The number of aromatic nitrogens is 1. The maximum Gasteiger partial charge on any atom is 0.237 e. The van der Waals surface area contributed by atoms with Crippen LogP contribution in [0.15, 0.2) is 30.3 Å². The van der Waals surface area contributed by atoms with E-state index in [1.165, 1.54) is 29.4 Å². The summed E-state index contributed by atoms with van der Waals surface area (Å²) in [6.45, 7) is 4.66. The van der Waals surface area contributed by atoms with E-state index in [4.69, 9.17) is 0 Å². The Bertz CT molecular complexity index is 676. The number of carbonyl (C=O) groups is 1. The van der Waals surface area contributed by atoms with E-state index in [0.29, 0.717) is 6.54 Å². The Hall–Kier alpha value is -1.81. The molecule has 0 aliphatic carbocycles. The third-order valence-electron chi connectivity index (χ3n) is 4.98. The van der Waals surface area contributed by atoms with Crippen molar-refractivity contribution >= 4 is 16.8 Å². The van der Waals surface area contributed by atoms with Crippen LogP contribution in [-0.4, -0.2) is 41.6 Å². The fraction of sp³-hybridized carbons (Fsp3) is 0.526. The lowest BCUT2D eigenvalue weighted by molar-refractivity contribution is -0.126. The number of nitrogens with zero attached hydrogens (tertiary/aromatic N) is 2. The Morgan fingerprint density at radius 2 is 2.09 bits per heavy atom. The maximum absolute atomic E-state index is 12.5. The van der Waals surface area contributed by atoms with Gasteiger partial charge in [0.05, 0.1) is 6.04 Å². The van der Waals surface area contributed by atoms with Crippen molar-refractivity contribution in [3.8, 4) is 0 Å². The van der Waals surface area contributed by atoms with Crippen LogP contribution in [0.5, 0.6) is 0 Å². The zero-order valence-corrected chi connectivity index (χ0v) is 14.2. The zero-order valence-electron chi connectivity index (χ0n) is 14.2. The van der Waals surface area contributed by atoms with Gasteiger partial charge in [-0.25, -0.2) is 0 Å². The van der Waals surface area contributed by atoms with Gasteiger partial charge in [0.2, 0.25) is 5.91 Å². The van der Waals surface area contributed by atoms with Crippen molar-refractivity contribution in [1.82, 2.24) is 14.8 Å². The highest BCUT2D eigenvalue weighted by molar-refractivity contribution is 5.82. The third-order valence-corrected chi connectivity index (χ3v) is 4.98. The molecule has 1 saturated heterocycles. The average Bonchev–Trinajstić information content (AvgIpc) is 2.70. The van der Waals surface area contributed by atoms with E-state index in [9.17, 15) is 4.79 Å². The van der Waals surface area contributed by atoms with Gasteiger partial charge in [0, 0.05) is 24.3 Å². The highest BCUT2D eigenvalue weighted by Crippen LogP contribution is 2.19. The standard InChI is InChI=1S/C19H27N3O/c1-15-14-16-8-5-6-9-17(16)22(15)13-11-20-19(23)18-10-4-3-7-12-21(18)2/h5-6,8-9,14,18H,3-4,7,10-13H2,1-2H3,(H,20,23). The summed E-state index contributed by atoms with van der Waals surface area (Å²) in [7, 11) is 2.07. The Kier molecular flexibility index (Phi) is 5.01. The second kappa shape index (κ2) is 7.18. The van der Waals surface area contributed by atoms with Crippen molar-refractivity contribution in [2.24, 2.45) is 0 Å². The maximum atomic E-state index is 12.5. The number of likely N-dealkylation sites (tertiary alicyclic amines) is 1. The minimum Gasteiger partial charge on any atom is -0.353 e. The fourth-order valence-corrected chi connectivity index (χ4v) is 3.64. The summed E-state index contributed by atoms with van der Waals surface area (Å²) in [5, 5.41) is 4.40. The molecule has 1 aromatic heterocycles. The number of fused-ring (bicyclic) bond motifs is 1. The number of carbonyl (C=O) groups excluding carboxylic acids is 1. The number of nitrogens with one attached hydrogen (secondary N) is 1. The number of aryl methyl sites for hydroxylation is 1. The predicted molar refractivity (Wildman–Crippen MR) is 94.6 cm³/mol. The second-order valence-electron chi connectivity index (χ2n) is 6.63. The van der Waals surface area contributed by atoms with Crippen molar-refractivity contribution in [3.63, 3.8) is 0 Å². The molecule has 1 N–H and O–H groups in total. The van der Waals surface area contributed by atoms with Crippen LogP contribution in [-0.2, 0) is 11.3 Å². The van der Waals surface area contributed by atoms with Gasteiger partial charge in [0.1, 0.15) is 0 Å². The summed E-state index contributed by atoms with van der Waals surface area (Å²) < 4.78 is 2.28. The smallest absolute Gasteiger partial charge is 0.237 e. The number of benzene rings is 1. The quantitative estimate of drug-likeness (QED) is 0.942. The van der Waals surface area contributed by atoms with Crippen LogP contribution in [0.3, 0.4) is 0 Å². The molecule has 1 aromatic carbocycles. The molecule has 4 heteroatoms. The van der Waals surface area contributed by atoms with Gasteiger partial charge in [-0.3, -0.25) is 9.69 Å². The predicted octanol–water partition coefficient (Wildman–Crippen LogP) is 2.94. The lowest BCUT2D eigenvalue weighted by Gasteiger charge is -2.24. The molecule has 2 heterocycles. The number of likely N-dealkylation sites (N-methyl/N-ethyl adjacent to an activating group) is 1. The number of para-hydroxylation sites is 1. The third kappa shape index (κ3) is 3.58. The van der Waals surface area contributed by atoms with Gasteiger partial charge < -0.3 is 9.88 Å². The topological polar surface area (TPSA) is 37.3 Å². The molecule has 3 rings (SSSR count). The normalized spacial score (nSPS) is 19.7. The molecule has 1 aliphatic heterocycles. The number of hydrogen-bond acceptors (Lipinski definition) is 2. The lowest BCUT2D eigenvalue weighted by atomic mass is 10.1. The molecule has 2 aromatic rings. The summed E-state index contributed by atoms with van der Waals surface area (Å²) in [5.74, 6) is 0.184. The minimum absolute atomic E-state index is 0.0417. The minimum atomic E-state index is 0.0417. The number of rotatable bonds is 4. The molecule has 1 amide bonds. The van der Waals surface area contributed by atoms with E-state index in [1.54, 1.807) is 0 Å². The lowest BCUT2D eigenvalue weighted by Crippen LogP contribution is -2.45. The van der Waals surface area contributed by atoms with Crippen molar-refractivity contribution in [2.45, 2.75) is 45.2 Å². The average molecular weight is 313 g/mol. The van der Waals surface area contributed by atoms with Crippen LogP contribution in [0.4, 0.5) is 0 Å². The molecule has 1 atom stereocenters. The van der Waals surface area contributed by atoms with Crippen LogP contribution in [0, 0.1) is 6.92 Å². The summed E-state index contributed by atoms with van der Waals surface area (Å²) in [4.78, 5) is 14.7. The van der Waals surface area contributed by atoms with E-state index in [0.717, 1.165) is 25.9 Å². The highest BCUT2D eigenvalue weighted by atomic mass is 16.2. The van der Waals surface area contributed by atoms with Crippen LogP contribution in [0.1, 0.15) is 31.4 Å². The van der Waals surface area contributed by atoms with Gasteiger partial charge in [0.15, 0.2) is 0 Å². The van der Waals surface area contributed by atoms with Crippen LogP contribution >= 0.6 is 0 Å². The van der Waals surface area contributed by atoms with Gasteiger partial charge in [-0.15, -0.1) is 0 Å². The van der Waals surface area contributed by atoms with Crippen LogP contribution in [0.25, 0.3) is 10.9 Å². The first kappa shape index (κ1) is 16.1. The van der Waals surface area contributed by atoms with Crippen LogP contribution in [0.2, 0.25) is 0 Å². The Morgan fingerprint density at radius 3 is 2.96 bits per heavy atom. The first-order valence-corrected chi connectivity index (χ1v) is 8.69. The molecule has 1 aliphatic rings. The fourth-order valence-electron chi connectivity index (χ4n) is 3.64. The molecular weight excluding hydrogens is 286 g/mol. The largest absolute Gasteiger partial charge is 0.353 e. The number of amides is 1. The summed E-state index contributed by atoms with van der Waals surface area (Å²) in [6.07, 6.45) is 4.58. The van der Waals surface area contributed by atoms with Crippen LogP contribution < -0.4 is 5.32 Å². The second-order valence-corrected chi connectivity index (χ2v) is 6.63. The van der Waals surface area contributed by atoms with E-state index in [1.807, 2.05) is 0 Å². The molecule has 124 valence electrons. The number of hydrogen-bond donors (Lipinski definition) is 1. The van der Waals surface area contributed by atoms with E-state index in [-0.39, 0.29) is 11.9 Å². The molecule has 0 radical (unpaired) electrons. The Labute approximate surface area is 138 Å². The molecule has 0 bridgehead atoms. The van der Waals surface area contributed by atoms with Crippen molar-refractivity contribution in [2.75, 3.05) is 20.1 Å². The zero-order chi connectivity index (χ0) is 16.2. The monoisotopic (exact) mass is 313 g/mol. The van der Waals surface area contributed by atoms with E-state index >= 15 is 0 Å². The van der Waals surface area contributed by atoms with Gasteiger partial charge in [0.25, 0.3) is 0 Å². The van der Waals surface area contributed by atoms with Crippen molar-refractivity contribution < 1.29 is 4.79 Å². The molecule has 0 spiro atoms. The van der Waals surface area contributed by atoms with Crippen molar-refractivity contribution in [1.29, 1.82) is 0 Å². The van der Waals surface area contributed by atoms with Crippen molar-refractivity contribution in [3.05, 3.63) is 36.0 Å². The molecule has 4 nitrogen and oxygen atoms in total. The molecule has 1 unspecified atom stereocenters. The van der Waals surface area contributed by atoms with Gasteiger partial charge >= 0.3 is 0 Å². The first-order valence-electron chi connectivity index (χ1n) is 8.69. The SMILES string of the molecule is Cc1cc2ccccc2n1CCNC(=O)C1CCCCCN1C. The Balaban J connectivity index is 1.60. The van der Waals surface area contributed by atoms with Gasteiger partial charge in [-0.05, 0) is 50.9 Å². The molecular formula is C19H27N3O. The van der Waals surface area contributed by atoms with E-state index in [2.05, 4.69) is 59.1 Å². The summed E-state index contributed by atoms with van der Waals surface area (Å²) in [5.41, 5.74) is 2.48. The molecule has 0 saturated carbocycles. The first-order chi connectivity index (χ1) is 11.2. The summed E-state index contributed by atoms with van der Waals surface area (Å²) >= 11 is 0. The van der Waals surface area contributed by atoms with Gasteiger partial charge in [-0.2, -0.15) is 0 Å². The summed E-state index contributed by atoms with van der Waals surface area (Å²) in [6, 6.07) is 10.7. The molecule has 23 heavy (non-hydrogen) atoms.